The fourth-order valence-corrected chi connectivity index (χ4v) is 2.51. The molecule has 1 aliphatic rings. The third-order valence-electron chi connectivity index (χ3n) is 3.24. The first-order chi connectivity index (χ1) is 9.54. The molecule has 0 amide bonds. The predicted molar refractivity (Wildman–Crippen MR) is 68.4 cm³/mol. The van der Waals surface area contributed by atoms with Crippen LogP contribution in [-0.4, -0.2) is 59.8 Å². The molecule has 11 heteroatoms. The van der Waals surface area contributed by atoms with Crippen molar-refractivity contribution in [1.82, 2.24) is 19.5 Å². The van der Waals surface area contributed by atoms with E-state index in [2.05, 4.69) is 15.0 Å². The maximum absolute atomic E-state index is 10.0. The Morgan fingerprint density at radius 3 is 2.67 bits per heavy atom. The number of aliphatic hydroxyl groups is 3. The third-order valence-corrected chi connectivity index (χ3v) is 3.53. The second kappa shape index (κ2) is 6.26. The van der Waals surface area contributed by atoms with Gasteiger partial charge >= 0.3 is 29.6 Å². The van der Waals surface area contributed by atoms with Gasteiger partial charge in [-0.05, 0) is 5.16 Å². The number of nitrogens with zero attached hydrogens (tertiary/aromatic N) is 4. The molecule has 21 heavy (non-hydrogen) atoms. The number of nitrogen functional groups attached to an aromatic ring is 1. The quantitative estimate of drug-likeness (QED) is 0.316. The van der Waals surface area contributed by atoms with Crippen molar-refractivity contribution in [3.63, 3.8) is 0 Å². The molecule has 0 bridgehead atoms. The van der Waals surface area contributed by atoms with E-state index in [-0.39, 0.29) is 40.5 Å². The summed E-state index contributed by atoms with van der Waals surface area (Å²) in [6, 6.07) is 0. The van der Waals surface area contributed by atoms with E-state index in [0.717, 1.165) is 0 Å². The standard InChI is InChI=1S/C10H13N5O4S.Na/c11-7-4-8(13-2-12-7)15(10(20)14-4)9-6(18)5(17)3(1-16)19-9;/h2-3,5-6,9,16-18H,1H2,(H,14,20)(H2,11,12,13);/q;+1/p-1/t3-,5-,6-,9-;/m1./s1. The summed E-state index contributed by atoms with van der Waals surface area (Å²) in [5.41, 5.74) is 6.29. The summed E-state index contributed by atoms with van der Waals surface area (Å²) in [5, 5.41) is 29.0. The van der Waals surface area contributed by atoms with Gasteiger partial charge in [-0.15, -0.1) is 0 Å². The smallest absolute Gasteiger partial charge is 0.742 e. The molecule has 5 N–H and O–H groups in total. The van der Waals surface area contributed by atoms with Crippen LogP contribution in [0.15, 0.2) is 11.5 Å². The number of imidazole rings is 1. The minimum Gasteiger partial charge on any atom is -0.742 e. The van der Waals surface area contributed by atoms with E-state index in [1.54, 1.807) is 0 Å². The minimum absolute atomic E-state index is 0. The van der Waals surface area contributed by atoms with E-state index >= 15 is 0 Å². The fourth-order valence-electron chi connectivity index (χ4n) is 2.23. The number of hydrogen-bond donors (Lipinski definition) is 4. The maximum Gasteiger partial charge on any atom is 1.00 e. The van der Waals surface area contributed by atoms with Crippen LogP contribution in [0.5, 0.6) is 0 Å². The van der Waals surface area contributed by atoms with Crippen molar-refractivity contribution in [1.29, 1.82) is 0 Å². The number of aromatic nitrogens is 4. The molecule has 1 saturated heterocycles. The van der Waals surface area contributed by atoms with Crippen LogP contribution >= 0.6 is 0 Å². The van der Waals surface area contributed by atoms with Crippen LogP contribution in [0.2, 0.25) is 0 Å². The molecule has 0 spiro atoms. The Labute approximate surface area is 146 Å². The molecule has 9 nitrogen and oxygen atoms in total. The zero-order valence-electron chi connectivity index (χ0n) is 11.1. The van der Waals surface area contributed by atoms with Crippen LogP contribution in [0.1, 0.15) is 6.23 Å². The molecular formula is C10H12N5NaO4S. The second-order valence-corrected chi connectivity index (χ2v) is 4.79. The first-order valence-electron chi connectivity index (χ1n) is 5.82. The summed E-state index contributed by atoms with van der Waals surface area (Å²) in [4.78, 5) is 11.9. The van der Waals surface area contributed by atoms with E-state index in [9.17, 15) is 10.2 Å². The van der Waals surface area contributed by atoms with Crippen molar-refractivity contribution < 1.29 is 49.6 Å². The van der Waals surface area contributed by atoms with E-state index in [1.165, 1.54) is 10.9 Å². The minimum atomic E-state index is -1.26. The summed E-state index contributed by atoms with van der Waals surface area (Å²) in [6.45, 7) is -0.425. The molecule has 0 radical (unpaired) electrons. The van der Waals surface area contributed by atoms with Gasteiger partial charge in [0.1, 0.15) is 30.2 Å². The van der Waals surface area contributed by atoms with Gasteiger partial charge in [0, 0.05) is 0 Å². The second-order valence-electron chi connectivity index (χ2n) is 4.42. The van der Waals surface area contributed by atoms with Crippen LogP contribution in [0.3, 0.4) is 0 Å². The monoisotopic (exact) mass is 321 g/mol. The van der Waals surface area contributed by atoms with Crippen LogP contribution in [0.25, 0.3) is 11.2 Å². The Morgan fingerprint density at radius 1 is 1.33 bits per heavy atom. The van der Waals surface area contributed by atoms with Crippen LogP contribution in [0.4, 0.5) is 5.82 Å². The van der Waals surface area contributed by atoms with Crippen molar-refractivity contribution in [2.75, 3.05) is 12.3 Å². The molecule has 0 aliphatic carbocycles. The summed E-state index contributed by atoms with van der Waals surface area (Å²) in [6.07, 6.45) is -3.14. The van der Waals surface area contributed by atoms with Crippen molar-refractivity contribution in [3.8, 4) is 0 Å². The average Bonchev–Trinajstić information content (AvgIpc) is 2.90. The fraction of sp³-hybridized carbons (Fsp3) is 0.500. The molecule has 3 rings (SSSR count). The first kappa shape index (κ1) is 16.8. The molecule has 4 atom stereocenters. The summed E-state index contributed by atoms with van der Waals surface area (Å²) < 4.78 is 6.77. The first-order valence-corrected chi connectivity index (χ1v) is 6.23. The van der Waals surface area contributed by atoms with Gasteiger partial charge in [-0.3, -0.25) is 4.98 Å². The van der Waals surface area contributed by atoms with Crippen molar-refractivity contribution in [3.05, 3.63) is 6.33 Å². The van der Waals surface area contributed by atoms with E-state index in [1.807, 2.05) is 0 Å². The third kappa shape index (κ3) is 2.62. The largest absolute Gasteiger partial charge is 1.00 e. The van der Waals surface area contributed by atoms with Gasteiger partial charge in [-0.1, -0.05) is 0 Å². The zero-order chi connectivity index (χ0) is 14.4. The van der Waals surface area contributed by atoms with E-state index in [4.69, 9.17) is 28.2 Å². The molecule has 2 aromatic heterocycles. The molecule has 108 valence electrons. The molecule has 1 fully saturated rings. The van der Waals surface area contributed by atoms with Gasteiger partial charge in [0.15, 0.2) is 17.7 Å². The van der Waals surface area contributed by atoms with Gasteiger partial charge in [-0.25, -0.2) is 9.97 Å². The number of anilines is 1. The predicted octanol–water partition coefficient (Wildman–Crippen LogP) is -5.07. The normalized spacial score (nSPS) is 28.7. The molecule has 1 aliphatic heterocycles. The number of aliphatic hydroxyl groups excluding tert-OH is 3. The molecule has 2 aromatic rings. The van der Waals surface area contributed by atoms with Gasteiger partial charge < -0.3 is 43.0 Å². The van der Waals surface area contributed by atoms with Gasteiger partial charge in [-0.2, -0.15) is 0 Å². The Morgan fingerprint density at radius 2 is 2.05 bits per heavy atom. The summed E-state index contributed by atoms with van der Waals surface area (Å²) >= 11 is 5.11. The van der Waals surface area contributed by atoms with Gasteiger partial charge in [0.05, 0.1) is 6.61 Å². The van der Waals surface area contributed by atoms with E-state index < -0.39 is 31.1 Å². The van der Waals surface area contributed by atoms with Crippen molar-refractivity contribution >= 4 is 29.6 Å². The SMILES string of the molecule is Nc1ncnc2c1nc([S-])n2[C@@H]1O[C@H](CO)[C@@H](O)[C@H]1O.[Na+]. The Hall–Kier alpha value is -0.590. The zero-order valence-corrected chi connectivity index (χ0v) is 13.9. The topological polar surface area (TPSA) is 140 Å². The Kier molecular flexibility index (Phi) is 5.00. The Bertz CT molecular complexity index is 656. The molecule has 0 saturated carbocycles. The van der Waals surface area contributed by atoms with Crippen molar-refractivity contribution in [2.45, 2.75) is 29.7 Å². The molecule has 0 unspecified atom stereocenters. The van der Waals surface area contributed by atoms with Crippen LogP contribution in [-0.2, 0) is 17.4 Å². The van der Waals surface area contributed by atoms with Crippen LogP contribution < -0.4 is 35.3 Å². The number of ether oxygens (including phenoxy) is 1. The van der Waals surface area contributed by atoms with Gasteiger partial charge in [0.25, 0.3) is 0 Å². The summed E-state index contributed by atoms with van der Waals surface area (Å²) in [7, 11) is 0. The number of hydrogen-bond acceptors (Lipinski definition) is 9. The maximum atomic E-state index is 10.0. The average molecular weight is 321 g/mol. The summed E-state index contributed by atoms with van der Waals surface area (Å²) in [5.74, 6) is 0.159. The number of nitrogens with two attached hydrogens (primary N) is 1. The molecule has 3 heterocycles. The molecular weight excluding hydrogens is 309 g/mol. The Balaban J connectivity index is 0.00000161. The van der Waals surface area contributed by atoms with Crippen molar-refractivity contribution in [2.24, 2.45) is 0 Å². The van der Waals surface area contributed by atoms with Gasteiger partial charge in [0.2, 0.25) is 0 Å². The van der Waals surface area contributed by atoms with E-state index in [0.29, 0.717) is 11.2 Å². The number of rotatable bonds is 2. The van der Waals surface area contributed by atoms with Crippen LogP contribution in [0, 0.1) is 0 Å². The molecule has 0 aromatic carbocycles. The number of fused-ring (bicyclic) bond motifs is 1.